The van der Waals surface area contributed by atoms with Crippen LogP contribution in [0.1, 0.15) is 55.2 Å². The summed E-state index contributed by atoms with van der Waals surface area (Å²) in [6.45, 7) is 9.07. The Bertz CT molecular complexity index is 858. The average molecular weight is 386 g/mol. The van der Waals surface area contributed by atoms with Crippen molar-refractivity contribution in [2.75, 3.05) is 18.5 Å². The van der Waals surface area contributed by atoms with Crippen molar-refractivity contribution in [1.82, 2.24) is 0 Å². The standard InChI is InChI=1S/C21H26N2O5/c1-5-22-17-9-6-13(10-16(17)21(2,3)4)18(23-27)12-28-14-7-8-15(20(25)26)19(24)11-14/h6-11,18,22,24H,5,12H2,1-4H3,(H,25,26). The number of aromatic hydroxyl groups is 1. The Labute approximate surface area is 164 Å². The Kier molecular flexibility index (Phi) is 6.62. The summed E-state index contributed by atoms with van der Waals surface area (Å²) in [6.07, 6.45) is 0. The van der Waals surface area contributed by atoms with Crippen LogP contribution < -0.4 is 10.1 Å². The zero-order chi connectivity index (χ0) is 20.9. The SMILES string of the molecule is CCNc1ccc(C(COc2ccc(C(=O)O)c(O)c2)N=O)cc1C(C)(C)C. The number of rotatable bonds is 8. The summed E-state index contributed by atoms with van der Waals surface area (Å²) in [6, 6.07) is 8.88. The summed E-state index contributed by atoms with van der Waals surface area (Å²) in [5, 5.41) is 25.2. The second-order valence-corrected chi connectivity index (χ2v) is 7.50. The van der Waals surface area contributed by atoms with Gasteiger partial charge >= 0.3 is 5.97 Å². The van der Waals surface area contributed by atoms with Gasteiger partial charge in [0.2, 0.25) is 0 Å². The van der Waals surface area contributed by atoms with E-state index in [0.29, 0.717) is 0 Å². The number of nitrogens with zero attached hydrogens (tertiary/aromatic N) is 1. The molecule has 28 heavy (non-hydrogen) atoms. The molecule has 150 valence electrons. The Hall–Kier alpha value is -3.09. The lowest BCUT2D eigenvalue weighted by Gasteiger charge is -2.25. The molecule has 1 atom stereocenters. The summed E-state index contributed by atoms with van der Waals surface area (Å²) in [4.78, 5) is 22.4. The summed E-state index contributed by atoms with van der Waals surface area (Å²) in [7, 11) is 0. The molecule has 0 heterocycles. The van der Waals surface area contributed by atoms with Gasteiger partial charge in [0.1, 0.15) is 23.7 Å². The van der Waals surface area contributed by atoms with Gasteiger partial charge < -0.3 is 20.3 Å². The fourth-order valence-corrected chi connectivity index (χ4v) is 2.88. The number of benzene rings is 2. The number of nitroso groups, excluding NO2 is 1. The van der Waals surface area contributed by atoms with E-state index in [0.717, 1.165) is 23.4 Å². The molecule has 3 N–H and O–H groups in total. The monoisotopic (exact) mass is 386 g/mol. The molecule has 0 spiro atoms. The van der Waals surface area contributed by atoms with Crippen molar-refractivity contribution in [2.45, 2.75) is 39.2 Å². The number of carbonyl (C=O) groups is 1. The molecule has 0 amide bonds. The second kappa shape index (κ2) is 8.73. The number of carboxylic acids is 1. The summed E-state index contributed by atoms with van der Waals surface area (Å²) < 4.78 is 5.57. The van der Waals surface area contributed by atoms with Crippen LogP contribution >= 0.6 is 0 Å². The van der Waals surface area contributed by atoms with Crippen LogP contribution in [0.5, 0.6) is 11.5 Å². The molecule has 0 aliphatic heterocycles. The topological polar surface area (TPSA) is 108 Å². The molecule has 0 fully saturated rings. The Balaban J connectivity index is 2.22. The van der Waals surface area contributed by atoms with Crippen LogP contribution in [-0.4, -0.2) is 29.3 Å². The molecule has 0 radical (unpaired) electrons. The van der Waals surface area contributed by atoms with Crippen molar-refractivity contribution < 1.29 is 19.7 Å². The maximum Gasteiger partial charge on any atom is 0.339 e. The van der Waals surface area contributed by atoms with E-state index >= 15 is 0 Å². The van der Waals surface area contributed by atoms with E-state index in [1.807, 2.05) is 25.1 Å². The van der Waals surface area contributed by atoms with Gasteiger partial charge in [0.05, 0.1) is 0 Å². The van der Waals surface area contributed by atoms with Crippen molar-refractivity contribution in [3.05, 3.63) is 58.0 Å². The minimum Gasteiger partial charge on any atom is -0.507 e. The quantitative estimate of drug-likeness (QED) is 0.567. The Morgan fingerprint density at radius 3 is 2.46 bits per heavy atom. The van der Waals surface area contributed by atoms with E-state index in [1.54, 1.807) is 0 Å². The van der Waals surface area contributed by atoms with Crippen LogP contribution in [0.25, 0.3) is 0 Å². The largest absolute Gasteiger partial charge is 0.507 e. The first-order valence-electron chi connectivity index (χ1n) is 9.07. The van der Waals surface area contributed by atoms with Gasteiger partial charge in [-0.15, -0.1) is 0 Å². The minimum atomic E-state index is -1.23. The predicted octanol–water partition coefficient (Wildman–Crippen LogP) is 4.71. The van der Waals surface area contributed by atoms with Crippen molar-refractivity contribution in [3.8, 4) is 11.5 Å². The summed E-state index contributed by atoms with van der Waals surface area (Å²) in [5.74, 6) is -1.37. The lowest BCUT2D eigenvalue weighted by molar-refractivity contribution is 0.0693. The van der Waals surface area contributed by atoms with Crippen LogP contribution in [0.2, 0.25) is 0 Å². The van der Waals surface area contributed by atoms with Crippen molar-refractivity contribution in [1.29, 1.82) is 0 Å². The molecule has 0 saturated carbocycles. The van der Waals surface area contributed by atoms with Gasteiger partial charge in [0.15, 0.2) is 6.04 Å². The van der Waals surface area contributed by atoms with E-state index in [-0.39, 0.29) is 23.3 Å². The zero-order valence-corrected chi connectivity index (χ0v) is 16.5. The summed E-state index contributed by atoms with van der Waals surface area (Å²) >= 11 is 0. The van der Waals surface area contributed by atoms with Gasteiger partial charge in [-0.05, 0) is 41.7 Å². The number of anilines is 1. The van der Waals surface area contributed by atoms with Gasteiger partial charge in [-0.25, -0.2) is 4.79 Å². The third kappa shape index (κ3) is 5.00. The van der Waals surface area contributed by atoms with E-state index < -0.39 is 17.8 Å². The van der Waals surface area contributed by atoms with Crippen LogP contribution in [-0.2, 0) is 5.41 Å². The van der Waals surface area contributed by atoms with Crippen molar-refractivity contribution in [2.24, 2.45) is 5.18 Å². The first kappa shape index (κ1) is 21.2. The number of ether oxygens (including phenoxy) is 1. The molecule has 1 unspecified atom stereocenters. The second-order valence-electron chi connectivity index (χ2n) is 7.50. The Morgan fingerprint density at radius 1 is 1.21 bits per heavy atom. The molecule has 2 aromatic carbocycles. The average Bonchev–Trinajstić information content (AvgIpc) is 2.62. The smallest absolute Gasteiger partial charge is 0.339 e. The lowest BCUT2D eigenvalue weighted by Crippen LogP contribution is -2.17. The zero-order valence-electron chi connectivity index (χ0n) is 16.5. The highest BCUT2D eigenvalue weighted by Crippen LogP contribution is 2.33. The number of aromatic carboxylic acids is 1. The van der Waals surface area contributed by atoms with Gasteiger partial charge in [-0.1, -0.05) is 38.1 Å². The molecule has 0 aliphatic carbocycles. The number of phenols is 1. The fraction of sp³-hybridized carbons (Fsp3) is 0.381. The highest BCUT2D eigenvalue weighted by Gasteiger charge is 2.22. The predicted molar refractivity (Wildman–Crippen MR) is 108 cm³/mol. The van der Waals surface area contributed by atoms with E-state index in [4.69, 9.17) is 9.84 Å². The molecule has 0 saturated heterocycles. The molecule has 7 heteroatoms. The summed E-state index contributed by atoms with van der Waals surface area (Å²) in [5.41, 5.74) is 2.47. The molecule has 2 rings (SSSR count). The van der Waals surface area contributed by atoms with Crippen LogP contribution in [0.4, 0.5) is 5.69 Å². The van der Waals surface area contributed by atoms with E-state index in [9.17, 15) is 14.8 Å². The van der Waals surface area contributed by atoms with Gasteiger partial charge in [0, 0.05) is 18.3 Å². The Morgan fingerprint density at radius 2 is 1.93 bits per heavy atom. The number of carboxylic acid groups (broad SMARTS) is 1. The molecule has 0 aromatic heterocycles. The van der Waals surface area contributed by atoms with Crippen LogP contribution in [0.3, 0.4) is 0 Å². The first-order chi connectivity index (χ1) is 13.2. The van der Waals surface area contributed by atoms with Gasteiger partial charge in [-0.3, -0.25) is 0 Å². The molecular formula is C21H26N2O5. The van der Waals surface area contributed by atoms with E-state index in [1.165, 1.54) is 18.2 Å². The fourth-order valence-electron chi connectivity index (χ4n) is 2.88. The third-order valence-corrected chi connectivity index (χ3v) is 4.34. The van der Waals surface area contributed by atoms with E-state index in [2.05, 4.69) is 31.3 Å². The normalized spacial score (nSPS) is 12.3. The van der Waals surface area contributed by atoms with Gasteiger partial charge in [0.25, 0.3) is 0 Å². The molecule has 2 aromatic rings. The third-order valence-electron chi connectivity index (χ3n) is 4.34. The maximum atomic E-state index is 11.4. The highest BCUT2D eigenvalue weighted by atomic mass is 16.5. The molecule has 0 bridgehead atoms. The molecule has 7 nitrogen and oxygen atoms in total. The number of nitrogens with one attached hydrogen (secondary N) is 1. The van der Waals surface area contributed by atoms with Gasteiger partial charge in [-0.2, -0.15) is 4.91 Å². The van der Waals surface area contributed by atoms with Crippen molar-refractivity contribution >= 4 is 11.7 Å². The lowest BCUT2D eigenvalue weighted by atomic mass is 9.84. The number of hydrogen-bond donors (Lipinski definition) is 3. The van der Waals surface area contributed by atoms with Crippen molar-refractivity contribution in [3.63, 3.8) is 0 Å². The number of hydrogen-bond acceptors (Lipinski definition) is 6. The maximum absolute atomic E-state index is 11.4. The highest BCUT2D eigenvalue weighted by molar-refractivity contribution is 5.90. The minimum absolute atomic E-state index is 0.0283. The molecule has 0 aliphatic rings. The van der Waals surface area contributed by atoms with Crippen LogP contribution in [0, 0.1) is 4.91 Å². The first-order valence-corrected chi connectivity index (χ1v) is 9.07. The molecular weight excluding hydrogens is 360 g/mol. The van der Waals surface area contributed by atoms with Crippen LogP contribution in [0.15, 0.2) is 41.6 Å².